The minimum Gasteiger partial charge on any atom is -0.459 e. The molecule has 0 saturated heterocycles. The minimum atomic E-state index is -0.306. The number of nitrogens with one attached hydrogen (secondary N) is 1. The minimum absolute atomic E-state index is 0.147. The Hall–Kier alpha value is -1.69. The van der Waals surface area contributed by atoms with Crippen molar-refractivity contribution >= 4 is 29.3 Å². The van der Waals surface area contributed by atoms with Crippen LogP contribution >= 0.6 is 11.8 Å². The van der Waals surface area contributed by atoms with Crippen molar-refractivity contribution in [2.24, 2.45) is 0 Å². The number of rotatable bonds is 3. The number of thioether (sulfide) groups is 1. The smallest absolute Gasteiger partial charge is 0.341 e. The second kappa shape index (κ2) is 5.75. The van der Waals surface area contributed by atoms with Gasteiger partial charge in [0.2, 0.25) is 5.91 Å². The maximum Gasteiger partial charge on any atom is 0.341 e. The van der Waals surface area contributed by atoms with Gasteiger partial charge in [-0.2, -0.15) is 0 Å². The summed E-state index contributed by atoms with van der Waals surface area (Å²) in [5.74, 6) is 0.219. The Morgan fingerprint density at radius 1 is 1.50 bits per heavy atom. The molecule has 1 aromatic heterocycles. The van der Waals surface area contributed by atoms with Gasteiger partial charge in [0.1, 0.15) is 0 Å². The van der Waals surface area contributed by atoms with Crippen LogP contribution in [0.4, 0.5) is 0 Å². The Labute approximate surface area is 122 Å². The number of aryl methyl sites for hydroxylation is 1. The lowest BCUT2D eigenvalue weighted by atomic mass is 10.2. The van der Waals surface area contributed by atoms with Crippen LogP contribution in [0, 0.1) is 6.92 Å². The monoisotopic (exact) mass is 294 g/mol. The molecule has 0 fully saturated rings. The van der Waals surface area contributed by atoms with Crippen LogP contribution in [0.25, 0.3) is 5.70 Å². The van der Waals surface area contributed by atoms with Gasteiger partial charge in [-0.25, -0.2) is 4.79 Å². The van der Waals surface area contributed by atoms with Gasteiger partial charge in [-0.1, -0.05) is 0 Å². The molecule has 1 N–H and O–H groups in total. The standard InChI is InChI=1S/C14H18N2O3S/c1-8(2)19-14(18)12-9(3)6-16-10(5-11(17)15-4)7-20-13(12)16/h5-6,8H,7H2,1-4H3,(H,15,17)/b10-5+. The molecule has 0 aliphatic carbocycles. The first kappa shape index (κ1) is 14.7. The number of hydrogen-bond donors (Lipinski definition) is 1. The van der Waals surface area contributed by atoms with Gasteiger partial charge in [0.25, 0.3) is 0 Å². The fourth-order valence-electron chi connectivity index (χ4n) is 2.03. The van der Waals surface area contributed by atoms with Gasteiger partial charge in [0, 0.05) is 30.8 Å². The summed E-state index contributed by atoms with van der Waals surface area (Å²) in [5.41, 5.74) is 2.33. The summed E-state index contributed by atoms with van der Waals surface area (Å²) in [6.45, 7) is 5.53. The maximum absolute atomic E-state index is 12.1. The van der Waals surface area contributed by atoms with Crippen molar-refractivity contribution in [3.05, 3.63) is 23.4 Å². The predicted molar refractivity (Wildman–Crippen MR) is 78.8 cm³/mol. The second-order valence-corrected chi connectivity index (χ2v) is 5.82. The third kappa shape index (κ3) is 2.75. The zero-order chi connectivity index (χ0) is 14.9. The number of carbonyl (C=O) groups excluding carboxylic acids is 2. The van der Waals surface area contributed by atoms with E-state index in [1.807, 2.05) is 31.5 Å². The molecular formula is C14H18N2O3S. The third-order valence-electron chi connectivity index (χ3n) is 2.91. The van der Waals surface area contributed by atoms with Crippen molar-refractivity contribution in [3.8, 4) is 0 Å². The van der Waals surface area contributed by atoms with Gasteiger partial charge < -0.3 is 14.6 Å². The average Bonchev–Trinajstić information content (AvgIpc) is 2.87. The molecule has 5 nitrogen and oxygen atoms in total. The molecule has 1 amide bonds. The number of aromatic nitrogens is 1. The van der Waals surface area contributed by atoms with E-state index in [0.29, 0.717) is 11.3 Å². The Morgan fingerprint density at radius 3 is 2.80 bits per heavy atom. The van der Waals surface area contributed by atoms with E-state index in [4.69, 9.17) is 4.74 Å². The number of nitrogens with zero attached hydrogens (tertiary/aromatic N) is 1. The summed E-state index contributed by atoms with van der Waals surface area (Å²) in [6, 6.07) is 0. The van der Waals surface area contributed by atoms with E-state index in [0.717, 1.165) is 16.3 Å². The summed E-state index contributed by atoms with van der Waals surface area (Å²) < 4.78 is 7.17. The van der Waals surface area contributed by atoms with Crippen molar-refractivity contribution in [1.82, 2.24) is 9.88 Å². The van der Waals surface area contributed by atoms with E-state index in [1.54, 1.807) is 24.9 Å². The van der Waals surface area contributed by atoms with Gasteiger partial charge >= 0.3 is 5.97 Å². The van der Waals surface area contributed by atoms with Crippen molar-refractivity contribution < 1.29 is 14.3 Å². The summed E-state index contributed by atoms with van der Waals surface area (Å²) in [7, 11) is 1.59. The van der Waals surface area contributed by atoms with Crippen LogP contribution in [0.5, 0.6) is 0 Å². The largest absolute Gasteiger partial charge is 0.459 e. The van der Waals surface area contributed by atoms with Crippen molar-refractivity contribution in [2.75, 3.05) is 12.8 Å². The lowest BCUT2D eigenvalue weighted by molar-refractivity contribution is -0.116. The highest BCUT2D eigenvalue weighted by Crippen LogP contribution is 2.38. The first-order valence-electron chi connectivity index (χ1n) is 6.42. The fraction of sp³-hybridized carbons (Fsp3) is 0.429. The van der Waals surface area contributed by atoms with Crippen molar-refractivity contribution in [1.29, 1.82) is 0 Å². The molecule has 0 saturated carbocycles. The molecule has 0 unspecified atom stereocenters. The number of amides is 1. The molecular weight excluding hydrogens is 276 g/mol. The van der Waals surface area contributed by atoms with Gasteiger partial charge in [-0.3, -0.25) is 4.79 Å². The van der Waals surface area contributed by atoms with Crippen LogP contribution in [-0.2, 0) is 9.53 Å². The first-order chi connectivity index (χ1) is 9.43. The number of fused-ring (bicyclic) bond motifs is 1. The SMILES string of the molecule is CNC(=O)/C=C1\CSc2c(C(=O)OC(C)C)c(C)cn21. The van der Waals surface area contributed by atoms with E-state index in [9.17, 15) is 9.59 Å². The fourth-order valence-corrected chi connectivity index (χ4v) is 3.23. The number of esters is 1. The van der Waals surface area contributed by atoms with Gasteiger partial charge in [0.15, 0.2) is 0 Å². The van der Waals surface area contributed by atoms with E-state index in [1.165, 1.54) is 0 Å². The van der Waals surface area contributed by atoms with Gasteiger partial charge in [-0.05, 0) is 26.3 Å². The number of ether oxygens (including phenoxy) is 1. The molecule has 2 rings (SSSR count). The molecule has 6 heteroatoms. The highest BCUT2D eigenvalue weighted by Gasteiger charge is 2.28. The Bertz CT molecular complexity index is 587. The molecule has 2 heterocycles. The number of carbonyl (C=O) groups is 2. The predicted octanol–water partition coefficient (Wildman–Crippen LogP) is 2.05. The molecule has 0 atom stereocenters. The average molecular weight is 294 g/mol. The molecule has 20 heavy (non-hydrogen) atoms. The van der Waals surface area contributed by atoms with Crippen LogP contribution in [0.2, 0.25) is 0 Å². The zero-order valence-electron chi connectivity index (χ0n) is 12.0. The van der Waals surface area contributed by atoms with Crippen LogP contribution in [-0.4, -0.2) is 35.3 Å². The van der Waals surface area contributed by atoms with Crippen LogP contribution in [0.1, 0.15) is 29.8 Å². The Kier molecular flexibility index (Phi) is 4.23. The van der Waals surface area contributed by atoms with E-state index in [2.05, 4.69) is 5.32 Å². The molecule has 108 valence electrons. The van der Waals surface area contributed by atoms with E-state index < -0.39 is 0 Å². The molecule has 1 aromatic rings. The lowest BCUT2D eigenvalue weighted by Gasteiger charge is -2.08. The highest BCUT2D eigenvalue weighted by molar-refractivity contribution is 8.00. The molecule has 0 radical (unpaired) electrons. The van der Waals surface area contributed by atoms with Gasteiger partial charge in [-0.15, -0.1) is 11.8 Å². The quantitative estimate of drug-likeness (QED) is 0.684. The number of likely N-dealkylation sites (N-methyl/N-ethyl adjacent to an activating group) is 1. The van der Waals surface area contributed by atoms with Crippen LogP contribution in [0.15, 0.2) is 17.3 Å². The summed E-state index contributed by atoms with van der Waals surface area (Å²) in [4.78, 5) is 23.6. The van der Waals surface area contributed by atoms with Crippen molar-refractivity contribution in [2.45, 2.75) is 31.9 Å². The molecule has 0 bridgehead atoms. The maximum atomic E-state index is 12.1. The topological polar surface area (TPSA) is 60.3 Å². The summed E-state index contributed by atoms with van der Waals surface area (Å²) >= 11 is 1.55. The molecule has 0 spiro atoms. The van der Waals surface area contributed by atoms with Crippen molar-refractivity contribution in [3.63, 3.8) is 0 Å². The van der Waals surface area contributed by atoms with E-state index >= 15 is 0 Å². The van der Waals surface area contributed by atoms with Crippen LogP contribution < -0.4 is 5.32 Å². The van der Waals surface area contributed by atoms with E-state index in [-0.39, 0.29) is 18.0 Å². The Morgan fingerprint density at radius 2 is 2.20 bits per heavy atom. The molecule has 0 aromatic carbocycles. The third-order valence-corrected chi connectivity index (χ3v) is 4.02. The summed E-state index contributed by atoms with van der Waals surface area (Å²) in [6.07, 6.45) is 3.28. The van der Waals surface area contributed by atoms with Gasteiger partial charge in [0.05, 0.1) is 16.7 Å². The molecule has 1 aliphatic heterocycles. The highest BCUT2D eigenvalue weighted by atomic mass is 32.2. The summed E-state index contributed by atoms with van der Waals surface area (Å²) in [5, 5.41) is 3.41. The zero-order valence-corrected chi connectivity index (χ0v) is 12.8. The molecule has 1 aliphatic rings. The second-order valence-electron chi connectivity index (χ2n) is 4.85. The normalized spacial score (nSPS) is 15.6. The van der Waals surface area contributed by atoms with Crippen LogP contribution in [0.3, 0.4) is 0 Å². The number of hydrogen-bond acceptors (Lipinski definition) is 4. The lowest BCUT2D eigenvalue weighted by Crippen LogP contribution is -2.15. The Balaban J connectivity index is 2.37. The first-order valence-corrected chi connectivity index (χ1v) is 7.41.